The Balaban J connectivity index is 2.14. The van der Waals surface area contributed by atoms with Crippen molar-refractivity contribution >= 4 is 5.91 Å². The fraction of sp³-hybridized carbons (Fsp3) is 0.692. The van der Waals surface area contributed by atoms with E-state index in [4.69, 9.17) is 10.5 Å². The molecule has 0 aromatic carbocycles. The number of nitrogens with zero attached hydrogens (tertiary/aromatic N) is 3. The van der Waals surface area contributed by atoms with Crippen LogP contribution in [0.1, 0.15) is 24.6 Å². The summed E-state index contributed by atoms with van der Waals surface area (Å²) >= 11 is 0. The van der Waals surface area contributed by atoms with Crippen LogP contribution >= 0.6 is 0 Å². The smallest absolute Gasteiger partial charge is 0.234 e. The third kappa shape index (κ3) is 2.96. The Morgan fingerprint density at radius 1 is 1.63 bits per heavy atom. The summed E-state index contributed by atoms with van der Waals surface area (Å²) in [4.78, 5) is 13.6. The highest BCUT2D eigenvalue weighted by Crippen LogP contribution is 2.23. The van der Waals surface area contributed by atoms with Crippen LogP contribution in [0, 0.1) is 0 Å². The summed E-state index contributed by atoms with van der Waals surface area (Å²) in [5.41, 5.74) is 7.71. The van der Waals surface area contributed by atoms with Crippen LogP contribution in [0.3, 0.4) is 0 Å². The average molecular weight is 266 g/mol. The van der Waals surface area contributed by atoms with Crippen molar-refractivity contribution < 1.29 is 9.53 Å². The fourth-order valence-electron chi connectivity index (χ4n) is 2.74. The van der Waals surface area contributed by atoms with E-state index in [0.717, 1.165) is 24.2 Å². The number of ether oxygens (including phenoxy) is 1. The SMILES string of the molecule is CCc1nn(C)cc1CN1C[C@@H](OC)C[C@H]1C(N)=O. The highest BCUT2D eigenvalue weighted by molar-refractivity contribution is 5.80. The molecule has 2 N–H and O–H groups in total. The minimum absolute atomic E-state index is 0.0826. The first-order valence-corrected chi connectivity index (χ1v) is 6.62. The predicted octanol–water partition coefficient (Wildman–Crippen LogP) is 0.0571. The molecular formula is C13H22N4O2. The molecule has 0 unspecified atom stereocenters. The van der Waals surface area contributed by atoms with Gasteiger partial charge in [-0.2, -0.15) is 5.10 Å². The van der Waals surface area contributed by atoms with Crippen molar-refractivity contribution in [2.24, 2.45) is 12.8 Å². The molecule has 0 aliphatic carbocycles. The Labute approximate surface area is 113 Å². The van der Waals surface area contributed by atoms with Crippen LogP contribution in [0.25, 0.3) is 0 Å². The second kappa shape index (κ2) is 5.71. The minimum atomic E-state index is -0.276. The van der Waals surface area contributed by atoms with Crippen molar-refractivity contribution in [1.29, 1.82) is 0 Å². The first kappa shape index (κ1) is 14.0. The molecule has 1 saturated heterocycles. The molecule has 106 valence electrons. The number of hydrogen-bond acceptors (Lipinski definition) is 4. The largest absolute Gasteiger partial charge is 0.380 e. The van der Waals surface area contributed by atoms with Gasteiger partial charge in [-0.15, -0.1) is 0 Å². The van der Waals surface area contributed by atoms with Gasteiger partial charge in [0, 0.05) is 39.0 Å². The third-order valence-electron chi connectivity index (χ3n) is 3.73. The summed E-state index contributed by atoms with van der Waals surface area (Å²) in [6.07, 6.45) is 3.66. The van der Waals surface area contributed by atoms with Gasteiger partial charge >= 0.3 is 0 Å². The standard InChI is InChI=1S/C13H22N4O2/c1-4-11-9(6-16(2)15-11)7-17-8-10(19-3)5-12(17)13(14)18/h6,10,12H,4-5,7-8H2,1-3H3,(H2,14,18)/t10-,12-/m0/s1. The van der Waals surface area contributed by atoms with Crippen LogP contribution < -0.4 is 5.73 Å². The molecule has 1 fully saturated rings. The number of amides is 1. The van der Waals surface area contributed by atoms with Crippen molar-refractivity contribution in [2.75, 3.05) is 13.7 Å². The first-order valence-electron chi connectivity index (χ1n) is 6.62. The number of hydrogen-bond donors (Lipinski definition) is 1. The van der Waals surface area contributed by atoms with Crippen molar-refractivity contribution in [3.8, 4) is 0 Å². The number of carbonyl (C=O) groups is 1. The predicted molar refractivity (Wildman–Crippen MR) is 71.4 cm³/mol. The quantitative estimate of drug-likeness (QED) is 0.817. The Morgan fingerprint density at radius 3 is 2.95 bits per heavy atom. The zero-order chi connectivity index (χ0) is 14.0. The summed E-state index contributed by atoms with van der Waals surface area (Å²) in [6, 6.07) is -0.241. The van der Waals surface area contributed by atoms with Crippen LogP contribution in [-0.2, 0) is 29.5 Å². The summed E-state index contributed by atoms with van der Waals surface area (Å²) < 4.78 is 7.17. The van der Waals surface area contributed by atoms with E-state index in [-0.39, 0.29) is 18.1 Å². The highest BCUT2D eigenvalue weighted by Gasteiger charge is 2.36. The second-order valence-corrected chi connectivity index (χ2v) is 5.07. The summed E-state index contributed by atoms with van der Waals surface area (Å²) in [5.74, 6) is -0.276. The molecule has 6 nitrogen and oxygen atoms in total. The zero-order valence-electron chi connectivity index (χ0n) is 11.8. The van der Waals surface area contributed by atoms with E-state index in [1.54, 1.807) is 7.11 Å². The number of aromatic nitrogens is 2. The zero-order valence-corrected chi connectivity index (χ0v) is 11.8. The topological polar surface area (TPSA) is 73.4 Å². The molecule has 2 heterocycles. The molecule has 1 amide bonds. The molecule has 0 spiro atoms. The van der Waals surface area contributed by atoms with Crippen molar-refractivity contribution in [3.63, 3.8) is 0 Å². The van der Waals surface area contributed by atoms with Gasteiger partial charge in [-0.1, -0.05) is 6.92 Å². The average Bonchev–Trinajstić information content (AvgIpc) is 2.93. The number of primary amides is 1. The van der Waals surface area contributed by atoms with Gasteiger partial charge in [0.05, 0.1) is 17.8 Å². The van der Waals surface area contributed by atoms with Crippen molar-refractivity contribution in [2.45, 2.75) is 38.5 Å². The molecule has 0 saturated carbocycles. The van der Waals surface area contributed by atoms with E-state index in [1.807, 2.05) is 17.9 Å². The lowest BCUT2D eigenvalue weighted by Crippen LogP contribution is -2.39. The van der Waals surface area contributed by atoms with Crippen LogP contribution in [0.4, 0.5) is 0 Å². The van der Waals surface area contributed by atoms with Gasteiger partial charge in [0.1, 0.15) is 0 Å². The number of rotatable bonds is 5. The maximum Gasteiger partial charge on any atom is 0.234 e. The maximum atomic E-state index is 11.5. The molecule has 0 radical (unpaired) electrons. The van der Waals surface area contributed by atoms with Gasteiger partial charge in [0.15, 0.2) is 0 Å². The van der Waals surface area contributed by atoms with Crippen LogP contribution in [0.2, 0.25) is 0 Å². The van der Waals surface area contributed by atoms with Crippen molar-refractivity contribution in [3.05, 3.63) is 17.5 Å². The highest BCUT2D eigenvalue weighted by atomic mass is 16.5. The summed E-state index contributed by atoms with van der Waals surface area (Å²) in [6.45, 7) is 3.52. The Hall–Kier alpha value is -1.40. The lowest BCUT2D eigenvalue weighted by atomic mass is 10.1. The minimum Gasteiger partial charge on any atom is -0.380 e. The van der Waals surface area contributed by atoms with E-state index in [1.165, 1.54) is 0 Å². The second-order valence-electron chi connectivity index (χ2n) is 5.07. The van der Waals surface area contributed by atoms with Gasteiger partial charge in [-0.3, -0.25) is 14.4 Å². The van der Waals surface area contributed by atoms with Gasteiger partial charge in [0.25, 0.3) is 0 Å². The van der Waals surface area contributed by atoms with E-state index >= 15 is 0 Å². The molecule has 19 heavy (non-hydrogen) atoms. The Morgan fingerprint density at radius 2 is 2.37 bits per heavy atom. The lowest BCUT2D eigenvalue weighted by Gasteiger charge is -2.21. The molecule has 2 atom stereocenters. The number of carbonyl (C=O) groups excluding carboxylic acids is 1. The molecule has 0 bridgehead atoms. The van der Waals surface area contributed by atoms with E-state index in [0.29, 0.717) is 13.0 Å². The molecule has 2 rings (SSSR count). The normalized spacial score (nSPS) is 23.9. The lowest BCUT2D eigenvalue weighted by molar-refractivity contribution is -0.122. The van der Waals surface area contributed by atoms with E-state index in [2.05, 4.69) is 16.9 Å². The van der Waals surface area contributed by atoms with Gasteiger partial charge in [-0.25, -0.2) is 0 Å². The maximum absolute atomic E-state index is 11.5. The number of methoxy groups -OCH3 is 1. The fourth-order valence-corrected chi connectivity index (χ4v) is 2.74. The Kier molecular flexibility index (Phi) is 4.21. The molecule has 1 aromatic heterocycles. The van der Waals surface area contributed by atoms with Crippen LogP contribution in [0.15, 0.2) is 6.20 Å². The summed E-state index contributed by atoms with van der Waals surface area (Å²) in [5, 5.41) is 4.42. The molecular weight excluding hydrogens is 244 g/mol. The van der Waals surface area contributed by atoms with E-state index in [9.17, 15) is 4.79 Å². The van der Waals surface area contributed by atoms with Gasteiger partial charge < -0.3 is 10.5 Å². The molecule has 1 aliphatic rings. The van der Waals surface area contributed by atoms with Gasteiger partial charge in [-0.05, 0) is 12.8 Å². The van der Waals surface area contributed by atoms with Gasteiger partial charge in [0.2, 0.25) is 5.91 Å². The Bertz CT molecular complexity index is 457. The molecule has 6 heteroatoms. The first-order chi connectivity index (χ1) is 9.05. The summed E-state index contributed by atoms with van der Waals surface area (Å²) in [7, 11) is 3.59. The van der Waals surface area contributed by atoms with Crippen molar-refractivity contribution in [1.82, 2.24) is 14.7 Å². The monoisotopic (exact) mass is 266 g/mol. The number of nitrogens with two attached hydrogens (primary N) is 1. The number of likely N-dealkylation sites (tertiary alicyclic amines) is 1. The molecule has 1 aromatic rings. The number of aryl methyl sites for hydroxylation is 2. The molecule has 1 aliphatic heterocycles. The van der Waals surface area contributed by atoms with Crippen LogP contribution in [0.5, 0.6) is 0 Å². The van der Waals surface area contributed by atoms with Crippen LogP contribution in [-0.4, -0.2) is 46.4 Å². The van der Waals surface area contributed by atoms with E-state index < -0.39 is 0 Å². The third-order valence-corrected chi connectivity index (χ3v) is 3.73.